The number of hydrogen-bond acceptors (Lipinski definition) is 2. The fraction of sp³-hybridized carbons (Fsp3) is 0. The van der Waals surface area contributed by atoms with Gasteiger partial charge in [-0.05, 0) is 106 Å². The molecule has 0 aliphatic heterocycles. The van der Waals surface area contributed by atoms with E-state index in [-0.39, 0.29) is 0 Å². The highest BCUT2D eigenvalue weighted by Crippen LogP contribution is 2.39. The average molecular weight is 867 g/mol. The van der Waals surface area contributed by atoms with Crippen LogP contribution in [-0.2, 0) is 0 Å². The molecule has 3 heterocycles. The van der Waals surface area contributed by atoms with Crippen molar-refractivity contribution >= 4 is 43.6 Å². The molecule has 13 aromatic rings. The van der Waals surface area contributed by atoms with Crippen LogP contribution < -0.4 is 0 Å². The Morgan fingerprint density at radius 1 is 0.221 bits per heavy atom. The highest BCUT2D eigenvalue weighted by Gasteiger charge is 2.18. The number of hydrogen-bond donors (Lipinski definition) is 0. The summed E-state index contributed by atoms with van der Waals surface area (Å²) in [6.07, 6.45) is 0. The normalized spacial score (nSPS) is 11.5. The molecule has 68 heavy (non-hydrogen) atoms. The second-order valence-electron chi connectivity index (χ2n) is 17.4. The minimum Gasteiger partial charge on any atom is -0.309 e. The monoisotopic (exact) mass is 866 g/mol. The Bertz CT molecular complexity index is 3910. The highest BCUT2D eigenvalue weighted by atomic mass is 15.0. The van der Waals surface area contributed by atoms with Crippen LogP contribution in [0.3, 0.4) is 0 Å². The van der Waals surface area contributed by atoms with Gasteiger partial charge in [0.2, 0.25) is 0 Å². The molecule has 0 saturated carbocycles. The molecule has 3 aromatic heterocycles. The first-order valence-corrected chi connectivity index (χ1v) is 23.1. The zero-order valence-electron chi connectivity index (χ0n) is 37.0. The summed E-state index contributed by atoms with van der Waals surface area (Å²) in [5.74, 6) is 0.694. The molecule has 0 radical (unpaired) electrons. The summed E-state index contributed by atoms with van der Waals surface area (Å²) >= 11 is 0. The molecule has 0 bridgehead atoms. The Hall–Kier alpha value is -9.12. The molecule has 0 N–H and O–H groups in total. The summed E-state index contributed by atoms with van der Waals surface area (Å²) in [7, 11) is 0. The van der Waals surface area contributed by atoms with Crippen molar-refractivity contribution < 1.29 is 0 Å². The Morgan fingerprint density at radius 2 is 0.588 bits per heavy atom. The van der Waals surface area contributed by atoms with E-state index >= 15 is 0 Å². The zero-order valence-corrected chi connectivity index (χ0v) is 37.0. The Balaban J connectivity index is 0.867. The molecule has 0 spiro atoms. The van der Waals surface area contributed by atoms with Gasteiger partial charge < -0.3 is 9.13 Å². The van der Waals surface area contributed by atoms with E-state index < -0.39 is 0 Å². The lowest BCUT2D eigenvalue weighted by atomic mass is 10.00. The average Bonchev–Trinajstić information content (AvgIpc) is 3.94. The van der Waals surface area contributed by atoms with Crippen LogP contribution >= 0.6 is 0 Å². The van der Waals surface area contributed by atoms with Gasteiger partial charge in [-0.2, -0.15) is 0 Å². The molecular weight excluding hydrogens is 825 g/mol. The van der Waals surface area contributed by atoms with E-state index in [0.29, 0.717) is 5.82 Å². The van der Waals surface area contributed by atoms with E-state index in [4.69, 9.17) is 9.97 Å². The van der Waals surface area contributed by atoms with Crippen molar-refractivity contribution in [3.63, 3.8) is 0 Å². The summed E-state index contributed by atoms with van der Waals surface area (Å²) in [4.78, 5) is 10.2. The molecule has 318 valence electrons. The SMILES string of the molecule is c1ccc(-c2ccc(-c3ccc(-n4c5ccccc5c5cc(-c6ccc7c8ccccc8n(-c8ccc(-c9nc(-c%10ccccc%10)cc(-c%10ccccc%10)n9)cc8)c7c6)ccc54)cc3)cc2)cc1. The van der Waals surface area contributed by atoms with E-state index in [1.807, 2.05) is 12.1 Å². The molecule has 0 aliphatic carbocycles. The smallest absolute Gasteiger partial charge is 0.160 e. The van der Waals surface area contributed by atoms with Crippen molar-refractivity contribution in [1.82, 2.24) is 19.1 Å². The molecule has 0 amide bonds. The summed E-state index contributed by atoms with van der Waals surface area (Å²) in [5.41, 5.74) is 19.0. The molecule has 0 aliphatic rings. The number of benzene rings is 10. The predicted molar refractivity (Wildman–Crippen MR) is 283 cm³/mol. The third-order valence-corrected chi connectivity index (χ3v) is 13.4. The van der Waals surface area contributed by atoms with Gasteiger partial charge in [0.05, 0.1) is 33.5 Å². The van der Waals surface area contributed by atoms with Crippen LogP contribution in [0, 0.1) is 0 Å². The van der Waals surface area contributed by atoms with Crippen LogP contribution in [0.1, 0.15) is 0 Å². The van der Waals surface area contributed by atoms with E-state index in [2.05, 4.69) is 252 Å². The van der Waals surface area contributed by atoms with E-state index in [0.717, 1.165) is 50.5 Å². The first-order chi connectivity index (χ1) is 33.7. The van der Waals surface area contributed by atoms with E-state index in [1.165, 1.54) is 66.0 Å². The lowest BCUT2D eigenvalue weighted by Crippen LogP contribution is -1.97. The molecule has 10 aromatic carbocycles. The zero-order chi connectivity index (χ0) is 45.0. The van der Waals surface area contributed by atoms with Crippen LogP contribution in [0.5, 0.6) is 0 Å². The van der Waals surface area contributed by atoms with Gasteiger partial charge in [-0.3, -0.25) is 0 Å². The molecule has 4 nitrogen and oxygen atoms in total. The number of rotatable bonds is 8. The van der Waals surface area contributed by atoms with Crippen molar-refractivity contribution in [3.05, 3.63) is 255 Å². The van der Waals surface area contributed by atoms with E-state index in [1.54, 1.807) is 0 Å². The maximum absolute atomic E-state index is 5.10. The first-order valence-electron chi connectivity index (χ1n) is 23.1. The van der Waals surface area contributed by atoms with Gasteiger partial charge in [0.25, 0.3) is 0 Å². The Kier molecular flexibility index (Phi) is 9.47. The van der Waals surface area contributed by atoms with Crippen molar-refractivity contribution in [2.45, 2.75) is 0 Å². The molecule has 0 fully saturated rings. The van der Waals surface area contributed by atoms with Crippen LogP contribution in [0.2, 0.25) is 0 Å². The van der Waals surface area contributed by atoms with Crippen LogP contribution in [0.15, 0.2) is 255 Å². The first kappa shape index (κ1) is 39.3. The fourth-order valence-electron chi connectivity index (χ4n) is 10.00. The minimum atomic E-state index is 0.694. The van der Waals surface area contributed by atoms with Gasteiger partial charge in [0.1, 0.15) is 0 Å². The lowest BCUT2D eigenvalue weighted by molar-refractivity contribution is 1.16. The molecule has 13 rings (SSSR count). The Morgan fingerprint density at radius 3 is 1.15 bits per heavy atom. The van der Waals surface area contributed by atoms with Crippen molar-refractivity contribution in [2.75, 3.05) is 0 Å². The summed E-state index contributed by atoms with van der Waals surface area (Å²) in [6, 6.07) is 91.1. The lowest BCUT2D eigenvalue weighted by Gasteiger charge is -2.12. The van der Waals surface area contributed by atoms with Crippen molar-refractivity contribution in [2.24, 2.45) is 0 Å². The minimum absolute atomic E-state index is 0.694. The van der Waals surface area contributed by atoms with Gasteiger partial charge in [0, 0.05) is 49.6 Å². The fourth-order valence-corrected chi connectivity index (χ4v) is 10.00. The van der Waals surface area contributed by atoms with Gasteiger partial charge in [-0.15, -0.1) is 0 Å². The molecule has 0 atom stereocenters. The van der Waals surface area contributed by atoms with E-state index in [9.17, 15) is 0 Å². The molecule has 0 unspecified atom stereocenters. The van der Waals surface area contributed by atoms with Gasteiger partial charge >= 0.3 is 0 Å². The molecule has 0 saturated heterocycles. The summed E-state index contributed by atoms with van der Waals surface area (Å²) < 4.78 is 4.78. The number of nitrogens with zero attached hydrogens (tertiary/aromatic N) is 4. The number of aromatic nitrogens is 4. The third kappa shape index (κ3) is 6.86. The van der Waals surface area contributed by atoms with Crippen LogP contribution in [-0.4, -0.2) is 19.1 Å². The van der Waals surface area contributed by atoms with Gasteiger partial charge in [-0.25, -0.2) is 9.97 Å². The van der Waals surface area contributed by atoms with Crippen LogP contribution in [0.25, 0.3) is 122 Å². The largest absolute Gasteiger partial charge is 0.309 e. The topological polar surface area (TPSA) is 35.6 Å². The molecule has 4 heteroatoms. The molecular formula is C64H42N4. The summed E-state index contributed by atoms with van der Waals surface area (Å²) in [5, 5.41) is 4.89. The number of fused-ring (bicyclic) bond motifs is 6. The van der Waals surface area contributed by atoms with Crippen LogP contribution in [0.4, 0.5) is 0 Å². The van der Waals surface area contributed by atoms with Gasteiger partial charge in [-0.1, -0.05) is 182 Å². The third-order valence-electron chi connectivity index (χ3n) is 13.4. The Labute approximate surface area is 394 Å². The number of para-hydroxylation sites is 2. The second kappa shape index (κ2) is 16.4. The summed E-state index contributed by atoms with van der Waals surface area (Å²) in [6.45, 7) is 0. The predicted octanol–water partition coefficient (Wildman–Crippen LogP) is 16.7. The maximum Gasteiger partial charge on any atom is 0.160 e. The quantitative estimate of drug-likeness (QED) is 0.153. The maximum atomic E-state index is 5.10. The highest BCUT2D eigenvalue weighted by molar-refractivity contribution is 6.12. The van der Waals surface area contributed by atoms with Crippen molar-refractivity contribution in [3.8, 4) is 78.7 Å². The van der Waals surface area contributed by atoms with Crippen molar-refractivity contribution in [1.29, 1.82) is 0 Å². The van der Waals surface area contributed by atoms with Gasteiger partial charge in [0.15, 0.2) is 5.82 Å². The standard InChI is InChI=1S/C64H42N4/c1-4-14-43(15-5-1)44-24-26-45(27-25-44)46-28-34-52(35-29-46)67-61-23-13-11-21-55(61)57-40-50(33-39-62(57)67)51-32-38-56-54-20-10-12-22-60(54)68(63(56)41-51)53-36-30-49(31-37-53)64-65-58(47-16-6-2-7-17-47)42-59(66-64)48-18-8-3-9-19-48/h1-42H. The second-order valence-corrected chi connectivity index (χ2v) is 17.4.